The van der Waals surface area contributed by atoms with Crippen molar-refractivity contribution in [1.82, 2.24) is 5.32 Å². The number of esters is 1. The maximum Gasteiger partial charge on any atom is 0.337 e. The van der Waals surface area contributed by atoms with Crippen molar-refractivity contribution in [3.8, 4) is 0 Å². The molecule has 28 heavy (non-hydrogen) atoms. The van der Waals surface area contributed by atoms with Gasteiger partial charge in [0.1, 0.15) is 0 Å². The molecule has 4 nitrogen and oxygen atoms in total. The zero-order chi connectivity index (χ0) is 21.1. The van der Waals surface area contributed by atoms with E-state index in [-0.39, 0.29) is 5.91 Å². The van der Waals surface area contributed by atoms with Crippen molar-refractivity contribution in [3.63, 3.8) is 0 Å². The van der Waals surface area contributed by atoms with E-state index in [1.165, 1.54) is 7.11 Å². The average Bonchev–Trinajstić information content (AvgIpc) is 2.69. The number of hydrogen-bond donors (Lipinski definition) is 1. The Hall–Kier alpha value is -3.14. The van der Waals surface area contributed by atoms with E-state index in [4.69, 9.17) is 4.74 Å². The molecule has 0 saturated carbocycles. The molecule has 148 valence electrons. The molecule has 0 saturated heterocycles. The number of carbonyl (C=O) groups is 2. The van der Waals surface area contributed by atoms with Gasteiger partial charge in [0.05, 0.1) is 12.7 Å². The number of amides is 1. The van der Waals surface area contributed by atoms with Crippen LogP contribution in [0.5, 0.6) is 0 Å². The normalized spacial score (nSPS) is 12.0. The molecule has 1 aromatic rings. The number of ether oxygens (including phenoxy) is 1. The van der Waals surface area contributed by atoms with Crippen LogP contribution >= 0.6 is 0 Å². The quantitative estimate of drug-likeness (QED) is 0.372. The lowest BCUT2D eigenvalue weighted by molar-refractivity contribution is -0.135. The predicted octanol–water partition coefficient (Wildman–Crippen LogP) is 5.02. The molecule has 0 radical (unpaired) electrons. The molecule has 1 N–H and O–H groups in total. The van der Waals surface area contributed by atoms with Gasteiger partial charge in [-0.1, -0.05) is 62.1 Å². The minimum absolute atomic E-state index is 0.157. The highest BCUT2D eigenvalue weighted by Crippen LogP contribution is 2.13. The Morgan fingerprint density at radius 2 is 1.79 bits per heavy atom. The Bertz CT molecular complexity index is 824. The SMILES string of the molecule is C=C(C)/C=C/c1ccc(C(=O)NCC(/C=C(/C)C(=C)C(=O)OC)=C/CC)cc1. The smallest absolute Gasteiger partial charge is 0.337 e. The zero-order valence-electron chi connectivity index (χ0n) is 17.2. The lowest BCUT2D eigenvalue weighted by Gasteiger charge is -2.09. The predicted molar refractivity (Wildman–Crippen MR) is 116 cm³/mol. The van der Waals surface area contributed by atoms with E-state index in [9.17, 15) is 9.59 Å². The summed E-state index contributed by atoms with van der Waals surface area (Å²) in [7, 11) is 1.32. The minimum Gasteiger partial charge on any atom is -0.465 e. The summed E-state index contributed by atoms with van der Waals surface area (Å²) in [6.07, 6.45) is 8.53. The molecule has 0 atom stereocenters. The summed E-state index contributed by atoms with van der Waals surface area (Å²) >= 11 is 0. The van der Waals surface area contributed by atoms with Crippen LogP contribution in [0.25, 0.3) is 6.08 Å². The van der Waals surface area contributed by atoms with Crippen LogP contribution in [0.2, 0.25) is 0 Å². The summed E-state index contributed by atoms with van der Waals surface area (Å²) in [5.41, 5.74) is 4.47. The first-order chi connectivity index (χ1) is 13.3. The summed E-state index contributed by atoms with van der Waals surface area (Å²) in [5, 5.41) is 2.91. The van der Waals surface area contributed by atoms with E-state index in [2.05, 4.69) is 18.5 Å². The van der Waals surface area contributed by atoms with Gasteiger partial charge in [0.2, 0.25) is 0 Å². The second kappa shape index (κ2) is 11.5. The molecule has 0 heterocycles. The first kappa shape index (κ1) is 22.9. The lowest BCUT2D eigenvalue weighted by atomic mass is 10.1. The molecular formula is C24H29NO3. The number of methoxy groups -OCH3 is 1. The number of hydrogen-bond acceptors (Lipinski definition) is 3. The largest absolute Gasteiger partial charge is 0.465 e. The third-order valence-electron chi connectivity index (χ3n) is 3.96. The Balaban J connectivity index is 2.79. The summed E-state index contributed by atoms with van der Waals surface area (Å²) in [4.78, 5) is 24.0. The third kappa shape index (κ3) is 7.62. The van der Waals surface area contributed by atoms with Gasteiger partial charge >= 0.3 is 5.97 Å². The Labute approximate surface area is 168 Å². The van der Waals surface area contributed by atoms with Crippen molar-refractivity contribution in [2.24, 2.45) is 0 Å². The van der Waals surface area contributed by atoms with Crippen LogP contribution in [0.15, 0.2) is 77.9 Å². The second-order valence-corrected chi connectivity index (χ2v) is 6.47. The molecule has 1 rings (SSSR count). The van der Waals surface area contributed by atoms with Crippen molar-refractivity contribution < 1.29 is 14.3 Å². The van der Waals surface area contributed by atoms with Gasteiger partial charge in [-0.05, 0) is 49.1 Å². The maximum atomic E-state index is 12.4. The number of benzene rings is 1. The summed E-state index contributed by atoms with van der Waals surface area (Å²) in [6, 6.07) is 7.36. The van der Waals surface area contributed by atoms with E-state index in [1.807, 2.05) is 50.3 Å². The van der Waals surface area contributed by atoms with Gasteiger partial charge in [0.15, 0.2) is 0 Å². The number of nitrogens with one attached hydrogen (secondary N) is 1. The van der Waals surface area contributed by atoms with Crippen LogP contribution in [-0.2, 0) is 9.53 Å². The number of rotatable bonds is 9. The van der Waals surface area contributed by atoms with E-state index >= 15 is 0 Å². The van der Waals surface area contributed by atoms with Gasteiger partial charge in [-0.25, -0.2) is 4.79 Å². The van der Waals surface area contributed by atoms with E-state index in [0.717, 1.165) is 23.1 Å². The Kier molecular flexibility index (Phi) is 9.44. The molecule has 0 aliphatic heterocycles. The van der Waals surface area contributed by atoms with Crippen molar-refractivity contribution in [2.45, 2.75) is 27.2 Å². The standard InChI is InChI=1S/C24H29NO3/c1-7-8-21(15-18(4)19(5)24(27)28-6)16-25-23(26)22-13-11-20(12-14-22)10-9-17(2)3/h8-15H,2,5,7,16H2,1,3-4,6H3,(H,25,26)/b10-9+,18-15-,21-8+. The van der Waals surface area contributed by atoms with Crippen LogP contribution in [0.1, 0.15) is 43.1 Å². The van der Waals surface area contributed by atoms with Crippen LogP contribution in [0, 0.1) is 0 Å². The first-order valence-electron chi connectivity index (χ1n) is 9.15. The van der Waals surface area contributed by atoms with Crippen molar-refractivity contribution in [2.75, 3.05) is 13.7 Å². The van der Waals surface area contributed by atoms with Crippen LogP contribution in [0.3, 0.4) is 0 Å². The number of carbonyl (C=O) groups excluding carboxylic acids is 2. The van der Waals surface area contributed by atoms with Crippen LogP contribution < -0.4 is 5.32 Å². The first-order valence-corrected chi connectivity index (χ1v) is 9.15. The fraction of sp³-hybridized carbons (Fsp3) is 0.250. The fourth-order valence-corrected chi connectivity index (χ4v) is 2.36. The van der Waals surface area contributed by atoms with E-state index in [0.29, 0.717) is 23.3 Å². The molecule has 0 aromatic heterocycles. The Morgan fingerprint density at radius 3 is 2.32 bits per heavy atom. The monoisotopic (exact) mass is 379 g/mol. The zero-order valence-corrected chi connectivity index (χ0v) is 17.2. The maximum absolute atomic E-state index is 12.4. The van der Waals surface area contributed by atoms with E-state index < -0.39 is 5.97 Å². The van der Waals surface area contributed by atoms with Crippen LogP contribution in [0.4, 0.5) is 0 Å². The summed E-state index contributed by atoms with van der Waals surface area (Å²) < 4.78 is 4.69. The van der Waals surface area contributed by atoms with Gasteiger partial charge in [-0.3, -0.25) is 4.79 Å². The highest BCUT2D eigenvalue weighted by atomic mass is 16.5. The topological polar surface area (TPSA) is 55.4 Å². The fourth-order valence-electron chi connectivity index (χ4n) is 2.36. The molecule has 4 heteroatoms. The molecule has 1 amide bonds. The van der Waals surface area contributed by atoms with Gasteiger partial charge in [-0.2, -0.15) is 0 Å². The van der Waals surface area contributed by atoms with Gasteiger partial charge in [-0.15, -0.1) is 0 Å². The highest BCUT2D eigenvalue weighted by molar-refractivity contribution is 5.94. The molecule has 0 bridgehead atoms. The second-order valence-electron chi connectivity index (χ2n) is 6.47. The molecule has 1 aromatic carbocycles. The molecule has 0 spiro atoms. The molecule has 0 aliphatic carbocycles. The van der Waals surface area contributed by atoms with Crippen molar-refractivity contribution >= 4 is 18.0 Å². The summed E-state index contributed by atoms with van der Waals surface area (Å²) in [6.45, 7) is 13.7. The Morgan fingerprint density at radius 1 is 1.14 bits per heavy atom. The lowest BCUT2D eigenvalue weighted by Crippen LogP contribution is -2.25. The van der Waals surface area contributed by atoms with Gasteiger partial charge < -0.3 is 10.1 Å². The van der Waals surface area contributed by atoms with Gasteiger partial charge in [0.25, 0.3) is 5.91 Å². The summed E-state index contributed by atoms with van der Waals surface area (Å²) in [5.74, 6) is -0.621. The van der Waals surface area contributed by atoms with Gasteiger partial charge in [0, 0.05) is 12.1 Å². The molecule has 0 unspecified atom stereocenters. The molecular weight excluding hydrogens is 350 g/mol. The van der Waals surface area contributed by atoms with Crippen LogP contribution in [-0.4, -0.2) is 25.5 Å². The van der Waals surface area contributed by atoms with E-state index in [1.54, 1.807) is 19.1 Å². The minimum atomic E-state index is -0.463. The highest BCUT2D eigenvalue weighted by Gasteiger charge is 2.10. The van der Waals surface area contributed by atoms with Crippen molar-refractivity contribution in [1.29, 1.82) is 0 Å². The molecule has 0 aliphatic rings. The number of allylic oxidation sites excluding steroid dienone is 3. The third-order valence-corrected chi connectivity index (χ3v) is 3.96. The van der Waals surface area contributed by atoms with Crippen molar-refractivity contribution in [3.05, 3.63) is 89.1 Å². The molecule has 0 fully saturated rings. The average molecular weight is 380 g/mol.